The second-order valence-electron chi connectivity index (χ2n) is 3.67. The van der Waals surface area contributed by atoms with Crippen LogP contribution in [0.25, 0.3) is 0 Å². The number of rotatable bonds is 2. The molecular formula is C12H13BrO2. The summed E-state index contributed by atoms with van der Waals surface area (Å²) < 4.78 is 6.27. The van der Waals surface area contributed by atoms with Crippen LogP contribution in [0.4, 0.5) is 0 Å². The zero-order valence-electron chi connectivity index (χ0n) is 8.53. The molecule has 0 aliphatic carbocycles. The molecule has 0 bridgehead atoms. The lowest BCUT2D eigenvalue weighted by molar-refractivity contribution is 0.118. The molecule has 1 N–H and O–H groups in total. The molecule has 1 aromatic carbocycles. The van der Waals surface area contributed by atoms with Gasteiger partial charge in [-0.2, -0.15) is 0 Å². The minimum absolute atomic E-state index is 0.651. The number of hydrogen-bond acceptors (Lipinski definition) is 2. The van der Waals surface area contributed by atoms with Gasteiger partial charge in [0.15, 0.2) is 0 Å². The van der Waals surface area contributed by atoms with Crippen molar-refractivity contribution in [1.82, 2.24) is 0 Å². The first-order valence-electron chi connectivity index (χ1n) is 4.95. The van der Waals surface area contributed by atoms with Gasteiger partial charge in [-0.15, -0.1) is 0 Å². The van der Waals surface area contributed by atoms with Crippen molar-refractivity contribution >= 4 is 15.9 Å². The van der Waals surface area contributed by atoms with Gasteiger partial charge < -0.3 is 9.84 Å². The van der Waals surface area contributed by atoms with Gasteiger partial charge in [-0.25, -0.2) is 0 Å². The predicted octanol–water partition coefficient (Wildman–Crippen LogP) is 3.10. The Morgan fingerprint density at radius 3 is 2.93 bits per heavy atom. The summed E-state index contributed by atoms with van der Waals surface area (Å²) in [6.07, 6.45) is 2.18. The molecule has 80 valence electrons. The average molecular weight is 269 g/mol. The van der Waals surface area contributed by atoms with Gasteiger partial charge in [0.25, 0.3) is 0 Å². The van der Waals surface area contributed by atoms with E-state index in [9.17, 15) is 5.11 Å². The first kappa shape index (κ1) is 10.7. The van der Waals surface area contributed by atoms with E-state index in [0.29, 0.717) is 12.4 Å². The molecule has 0 saturated carbocycles. The van der Waals surface area contributed by atoms with E-state index in [1.165, 1.54) is 0 Å². The molecule has 0 spiro atoms. The molecule has 1 aliphatic heterocycles. The van der Waals surface area contributed by atoms with Crippen LogP contribution >= 0.6 is 15.9 Å². The highest BCUT2D eigenvalue weighted by atomic mass is 79.9. The van der Waals surface area contributed by atoms with Gasteiger partial charge in [0, 0.05) is 16.5 Å². The van der Waals surface area contributed by atoms with Gasteiger partial charge in [0.1, 0.15) is 11.9 Å². The molecule has 0 saturated heterocycles. The molecule has 15 heavy (non-hydrogen) atoms. The minimum Gasteiger partial charge on any atom is -0.495 e. The fraction of sp³-hybridized carbons (Fsp3) is 0.333. The summed E-state index contributed by atoms with van der Waals surface area (Å²) in [4.78, 5) is 0. The van der Waals surface area contributed by atoms with Crippen molar-refractivity contribution in [2.24, 2.45) is 0 Å². The number of aliphatic hydroxyl groups is 1. The van der Waals surface area contributed by atoms with Crippen molar-refractivity contribution in [3.8, 4) is 0 Å². The molecule has 1 heterocycles. The standard InChI is InChI=1S/C12H13BrO2/c1-8-4-5-10(13)9(7-8)12(14)11-3-2-6-15-11/h3-5,7,12,14H,2,6H2,1H3. The number of benzene rings is 1. The first-order valence-corrected chi connectivity index (χ1v) is 5.75. The molecule has 3 heteroatoms. The van der Waals surface area contributed by atoms with Crippen molar-refractivity contribution in [1.29, 1.82) is 0 Å². The molecule has 0 aromatic heterocycles. The molecule has 1 aliphatic rings. The van der Waals surface area contributed by atoms with Crippen LogP contribution in [0.3, 0.4) is 0 Å². The highest BCUT2D eigenvalue weighted by Crippen LogP contribution is 2.31. The lowest BCUT2D eigenvalue weighted by atomic mass is 10.1. The largest absolute Gasteiger partial charge is 0.495 e. The molecular weight excluding hydrogens is 256 g/mol. The van der Waals surface area contributed by atoms with Crippen LogP contribution < -0.4 is 0 Å². The fourth-order valence-corrected chi connectivity index (χ4v) is 2.12. The van der Waals surface area contributed by atoms with E-state index in [1.807, 2.05) is 31.2 Å². The summed E-state index contributed by atoms with van der Waals surface area (Å²) in [5.41, 5.74) is 1.99. The fourth-order valence-electron chi connectivity index (χ4n) is 1.65. The van der Waals surface area contributed by atoms with Crippen LogP contribution in [0, 0.1) is 6.92 Å². The van der Waals surface area contributed by atoms with E-state index in [1.54, 1.807) is 0 Å². The van der Waals surface area contributed by atoms with Crippen LogP contribution in [0.15, 0.2) is 34.5 Å². The number of ether oxygens (including phenoxy) is 1. The van der Waals surface area contributed by atoms with Crippen molar-refractivity contribution in [2.45, 2.75) is 19.4 Å². The Morgan fingerprint density at radius 1 is 1.47 bits per heavy atom. The lowest BCUT2D eigenvalue weighted by Crippen LogP contribution is -2.03. The summed E-state index contributed by atoms with van der Waals surface area (Å²) in [5.74, 6) is 0.668. The summed E-state index contributed by atoms with van der Waals surface area (Å²) in [6.45, 7) is 2.68. The third-order valence-electron chi connectivity index (χ3n) is 2.45. The molecule has 0 fully saturated rings. The minimum atomic E-state index is -0.651. The van der Waals surface area contributed by atoms with E-state index in [-0.39, 0.29) is 0 Å². The maximum Gasteiger partial charge on any atom is 0.137 e. The normalized spacial score (nSPS) is 17.1. The first-order chi connectivity index (χ1) is 7.18. The van der Waals surface area contributed by atoms with Crippen molar-refractivity contribution in [2.75, 3.05) is 6.61 Å². The molecule has 1 atom stereocenters. The van der Waals surface area contributed by atoms with Crippen LogP contribution in [0.2, 0.25) is 0 Å². The second kappa shape index (κ2) is 4.37. The van der Waals surface area contributed by atoms with Crippen molar-refractivity contribution in [3.63, 3.8) is 0 Å². The quantitative estimate of drug-likeness (QED) is 0.894. The maximum absolute atomic E-state index is 10.1. The Kier molecular flexibility index (Phi) is 3.12. The summed E-state index contributed by atoms with van der Waals surface area (Å²) >= 11 is 3.44. The highest BCUT2D eigenvalue weighted by Gasteiger charge is 2.20. The zero-order chi connectivity index (χ0) is 10.8. The van der Waals surface area contributed by atoms with Gasteiger partial charge in [0.05, 0.1) is 6.61 Å². The Hall–Kier alpha value is -0.800. The number of aryl methyl sites for hydroxylation is 1. The van der Waals surface area contributed by atoms with Gasteiger partial charge in [-0.3, -0.25) is 0 Å². The monoisotopic (exact) mass is 268 g/mol. The number of hydrogen-bond donors (Lipinski definition) is 1. The molecule has 1 unspecified atom stereocenters. The predicted molar refractivity (Wildman–Crippen MR) is 62.5 cm³/mol. The zero-order valence-corrected chi connectivity index (χ0v) is 10.1. The second-order valence-corrected chi connectivity index (χ2v) is 4.53. The smallest absolute Gasteiger partial charge is 0.137 e. The Morgan fingerprint density at radius 2 is 2.27 bits per heavy atom. The maximum atomic E-state index is 10.1. The highest BCUT2D eigenvalue weighted by molar-refractivity contribution is 9.10. The molecule has 0 radical (unpaired) electrons. The third kappa shape index (κ3) is 2.24. The topological polar surface area (TPSA) is 29.5 Å². The van der Waals surface area contributed by atoms with E-state index in [0.717, 1.165) is 22.0 Å². The Labute approximate surface area is 97.7 Å². The summed E-state index contributed by atoms with van der Waals surface area (Å²) in [7, 11) is 0. The van der Waals surface area contributed by atoms with Gasteiger partial charge >= 0.3 is 0 Å². The van der Waals surface area contributed by atoms with Crippen LogP contribution in [0.1, 0.15) is 23.7 Å². The van der Waals surface area contributed by atoms with Crippen molar-refractivity contribution in [3.05, 3.63) is 45.6 Å². The average Bonchev–Trinajstić information content (AvgIpc) is 2.74. The van der Waals surface area contributed by atoms with E-state index >= 15 is 0 Å². The molecule has 0 amide bonds. The van der Waals surface area contributed by atoms with Gasteiger partial charge in [-0.1, -0.05) is 33.6 Å². The van der Waals surface area contributed by atoms with Crippen molar-refractivity contribution < 1.29 is 9.84 Å². The van der Waals surface area contributed by atoms with E-state index in [2.05, 4.69) is 15.9 Å². The number of halogens is 1. The Balaban J connectivity index is 2.31. The third-order valence-corrected chi connectivity index (χ3v) is 3.17. The Bertz CT molecular complexity index is 399. The SMILES string of the molecule is Cc1ccc(Br)c(C(O)C2=CCCO2)c1. The molecule has 2 rings (SSSR count). The van der Waals surface area contributed by atoms with Gasteiger partial charge in [0.2, 0.25) is 0 Å². The summed E-state index contributed by atoms with van der Waals surface area (Å²) in [5, 5.41) is 10.1. The summed E-state index contributed by atoms with van der Waals surface area (Å²) in [6, 6.07) is 5.92. The van der Waals surface area contributed by atoms with Gasteiger partial charge in [-0.05, 0) is 19.1 Å². The van der Waals surface area contributed by atoms with E-state index in [4.69, 9.17) is 4.74 Å². The number of aliphatic hydroxyl groups excluding tert-OH is 1. The molecule has 2 nitrogen and oxygen atoms in total. The van der Waals surface area contributed by atoms with E-state index < -0.39 is 6.10 Å². The van der Waals surface area contributed by atoms with Crippen LogP contribution in [-0.4, -0.2) is 11.7 Å². The van der Waals surface area contributed by atoms with Crippen LogP contribution in [0.5, 0.6) is 0 Å². The lowest BCUT2D eigenvalue weighted by Gasteiger charge is -2.14. The molecule has 1 aromatic rings. The van der Waals surface area contributed by atoms with Crippen LogP contribution in [-0.2, 0) is 4.74 Å².